The van der Waals surface area contributed by atoms with Gasteiger partial charge in [-0.1, -0.05) is 12.8 Å². The van der Waals surface area contributed by atoms with Crippen LogP contribution in [0.3, 0.4) is 0 Å². The Morgan fingerprint density at radius 1 is 1.42 bits per heavy atom. The predicted molar refractivity (Wildman–Crippen MR) is 71.1 cm³/mol. The molecule has 5 nitrogen and oxygen atoms in total. The highest BCUT2D eigenvalue weighted by molar-refractivity contribution is 5.81. The lowest BCUT2D eigenvalue weighted by Gasteiger charge is -2.08. The van der Waals surface area contributed by atoms with E-state index in [0.717, 1.165) is 5.69 Å². The molecule has 1 saturated carbocycles. The molecular weight excluding hydrogens is 244 g/mol. The van der Waals surface area contributed by atoms with Crippen molar-refractivity contribution in [3.05, 3.63) is 18.0 Å². The lowest BCUT2D eigenvalue weighted by molar-refractivity contribution is -0.123. The quantitative estimate of drug-likeness (QED) is 0.673. The fraction of sp³-hybridized carbons (Fsp3) is 0.714. The van der Waals surface area contributed by atoms with Gasteiger partial charge in [0.15, 0.2) is 5.78 Å². The third-order valence-corrected chi connectivity index (χ3v) is 3.44. The number of methoxy groups -OCH3 is 1. The molecule has 1 aromatic rings. The van der Waals surface area contributed by atoms with E-state index in [1.54, 1.807) is 7.11 Å². The summed E-state index contributed by atoms with van der Waals surface area (Å²) in [5.41, 5.74) is 0.840. The van der Waals surface area contributed by atoms with Crippen molar-refractivity contribution in [3.8, 4) is 0 Å². The number of rotatable bonds is 8. The lowest BCUT2D eigenvalue weighted by atomic mass is 10.2. The maximum absolute atomic E-state index is 11.7. The van der Waals surface area contributed by atoms with Crippen molar-refractivity contribution in [2.45, 2.75) is 38.1 Å². The summed E-state index contributed by atoms with van der Waals surface area (Å²) >= 11 is 0. The van der Waals surface area contributed by atoms with Crippen molar-refractivity contribution >= 4 is 5.78 Å². The van der Waals surface area contributed by atoms with E-state index >= 15 is 0 Å². The summed E-state index contributed by atoms with van der Waals surface area (Å²) in [7, 11) is 1.61. The second kappa shape index (κ2) is 7.40. The molecule has 0 aliphatic heterocycles. The molecule has 2 rings (SSSR count). The zero-order valence-electron chi connectivity index (χ0n) is 11.5. The van der Waals surface area contributed by atoms with Crippen LogP contribution in [0.15, 0.2) is 12.3 Å². The summed E-state index contributed by atoms with van der Waals surface area (Å²) < 4.78 is 12.1. The van der Waals surface area contributed by atoms with Crippen LogP contribution in [0.5, 0.6) is 0 Å². The maximum Gasteiger partial charge on any atom is 0.164 e. The molecule has 1 fully saturated rings. The lowest BCUT2D eigenvalue weighted by Crippen LogP contribution is -2.14. The van der Waals surface area contributed by atoms with E-state index in [4.69, 9.17) is 9.47 Å². The van der Waals surface area contributed by atoms with Crippen LogP contribution >= 0.6 is 0 Å². The number of nitrogens with zero attached hydrogens (tertiary/aromatic N) is 2. The van der Waals surface area contributed by atoms with Crippen LogP contribution < -0.4 is 0 Å². The Hall–Kier alpha value is -1.20. The number of hydrogen-bond acceptors (Lipinski definition) is 4. The van der Waals surface area contributed by atoms with Crippen molar-refractivity contribution in [3.63, 3.8) is 0 Å². The van der Waals surface area contributed by atoms with Crippen molar-refractivity contribution in [2.24, 2.45) is 0 Å². The number of carbonyl (C=O) groups excluding carboxylic acids is 1. The number of Topliss-reactive ketones (excluding diaryl/α,β-unsaturated/α-hetero) is 1. The zero-order valence-corrected chi connectivity index (χ0v) is 11.5. The first kappa shape index (κ1) is 14.2. The van der Waals surface area contributed by atoms with Gasteiger partial charge in [-0.3, -0.25) is 9.48 Å². The van der Waals surface area contributed by atoms with Crippen molar-refractivity contribution in [1.82, 2.24) is 9.78 Å². The van der Waals surface area contributed by atoms with Gasteiger partial charge in [-0.15, -0.1) is 0 Å². The summed E-state index contributed by atoms with van der Waals surface area (Å²) in [4.78, 5) is 11.7. The molecule has 0 spiro atoms. The highest BCUT2D eigenvalue weighted by atomic mass is 16.5. The third-order valence-electron chi connectivity index (χ3n) is 3.44. The average molecular weight is 266 g/mol. The normalized spacial score (nSPS) is 16.1. The Kier molecular flexibility index (Phi) is 5.54. The maximum atomic E-state index is 11.7. The summed E-state index contributed by atoms with van der Waals surface area (Å²) in [6, 6.07) is 2.47. The van der Waals surface area contributed by atoms with E-state index in [2.05, 4.69) is 5.10 Å². The van der Waals surface area contributed by atoms with Gasteiger partial charge in [-0.05, 0) is 18.9 Å². The highest BCUT2D eigenvalue weighted by Gasteiger charge is 2.18. The monoisotopic (exact) mass is 266 g/mol. The standard InChI is InChI=1S/C14H22N2O3/c1-18-8-9-19-11-14(17)10-12-6-7-16(15-12)13-4-2-3-5-13/h6-7,13H,2-5,8-11H2,1H3. The Balaban J connectivity index is 1.74. The van der Waals surface area contributed by atoms with Crippen LogP contribution in [0.2, 0.25) is 0 Å². The second-order valence-electron chi connectivity index (χ2n) is 4.99. The molecular formula is C14H22N2O3. The van der Waals surface area contributed by atoms with Gasteiger partial charge in [0.1, 0.15) is 6.61 Å². The molecule has 1 aliphatic rings. The van der Waals surface area contributed by atoms with Gasteiger partial charge < -0.3 is 9.47 Å². The first-order valence-electron chi connectivity index (χ1n) is 6.92. The molecule has 0 unspecified atom stereocenters. The van der Waals surface area contributed by atoms with Crippen LogP contribution in [0.4, 0.5) is 0 Å². The van der Waals surface area contributed by atoms with Crippen LogP contribution in [0.25, 0.3) is 0 Å². The minimum Gasteiger partial charge on any atom is -0.382 e. The van der Waals surface area contributed by atoms with E-state index in [0.29, 0.717) is 25.7 Å². The van der Waals surface area contributed by atoms with Gasteiger partial charge >= 0.3 is 0 Å². The molecule has 0 bridgehead atoms. The van der Waals surface area contributed by atoms with E-state index in [9.17, 15) is 4.79 Å². The Bertz CT molecular complexity index is 397. The second-order valence-corrected chi connectivity index (χ2v) is 4.99. The van der Waals surface area contributed by atoms with Crippen LogP contribution in [-0.4, -0.2) is 42.5 Å². The molecule has 0 amide bonds. The van der Waals surface area contributed by atoms with Crippen LogP contribution in [0.1, 0.15) is 37.4 Å². The zero-order chi connectivity index (χ0) is 13.5. The largest absolute Gasteiger partial charge is 0.382 e. The summed E-state index contributed by atoms with van der Waals surface area (Å²) in [6.07, 6.45) is 7.32. The van der Waals surface area contributed by atoms with Gasteiger partial charge in [0.25, 0.3) is 0 Å². The van der Waals surface area contributed by atoms with Gasteiger partial charge in [0.2, 0.25) is 0 Å². The van der Waals surface area contributed by atoms with Gasteiger partial charge in [-0.2, -0.15) is 5.10 Å². The summed E-state index contributed by atoms with van der Waals surface area (Å²) in [6.45, 7) is 1.11. The molecule has 0 atom stereocenters. The van der Waals surface area contributed by atoms with E-state index in [1.807, 2.05) is 16.9 Å². The molecule has 0 radical (unpaired) electrons. The SMILES string of the molecule is COCCOCC(=O)Cc1ccn(C2CCCC2)n1. The first-order valence-corrected chi connectivity index (χ1v) is 6.92. The molecule has 0 N–H and O–H groups in total. The Morgan fingerprint density at radius 3 is 2.95 bits per heavy atom. The topological polar surface area (TPSA) is 53.4 Å². The van der Waals surface area contributed by atoms with Gasteiger partial charge in [0, 0.05) is 13.3 Å². The van der Waals surface area contributed by atoms with E-state index in [-0.39, 0.29) is 12.4 Å². The number of aromatic nitrogens is 2. The van der Waals surface area contributed by atoms with E-state index in [1.165, 1.54) is 25.7 Å². The van der Waals surface area contributed by atoms with Crippen LogP contribution in [-0.2, 0) is 20.7 Å². The molecule has 1 aliphatic carbocycles. The van der Waals surface area contributed by atoms with Crippen LogP contribution in [0, 0.1) is 0 Å². The molecule has 0 saturated heterocycles. The van der Waals surface area contributed by atoms with E-state index < -0.39 is 0 Å². The minimum atomic E-state index is 0.0628. The van der Waals surface area contributed by atoms with Crippen molar-refractivity contribution < 1.29 is 14.3 Å². The van der Waals surface area contributed by atoms with Gasteiger partial charge in [-0.25, -0.2) is 0 Å². The molecule has 106 valence electrons. The van der Waals surface area contributed by atoms with Crippen molar-refractivity contribution in [2.75, 3.05) is 26.9 Å². The number of ketones is 1. The Morgan fingerprint density at radius 2 is 2.21 bits per heavy atom. The molecule has 0 aromatic carbocycles. The fourth-order valence-corrected chi connectivity index (χ4v) is 2.43. The smallest absolute Gasteiger partial charge is 0.164 e. The number of ether oxygens (including phenoxy) is 2. The Labute approximate surface area is 113 Å². The number of hydrogen-bond donors (Lipinski definition) is 0. The fourth-order valence-electron chi connectivity index (χ4n) is 2.43. The van der Waals surface area contributed by atoms with Crippen molar-refractivity contribution in [1.29, 1.82) is 0 Å². The number of carbonyl (C=O) groups is 1. The predicted octanol–water partition coefficient (Wildman–Crippen LogP) is 1.77. The minimum absolute atomic E-state index is 0.0628. The third kappa shape index (κ3) is 4.44. The molecule has 1 aromatic heterocycles. The first-order chi connectivity index (χ1) is 9.29. The molecule has 5 heteroatoms. The summed E-state index contributed by atoms with van der Waals surface area (Å²) in [5, 5.41) is 4.49. The summed E-state index contributed by atoms with van der Waals surface area (Å²) in [5.74, 6) is 0.0628. The van der Waals surface area contributed by atoms with Gasteiger partial charge in [0.05, 0.1) is 31.4 Å². The average Bonchev–Trinajstić information content (AvgIpc) is 3.04. The molecule has 1 heterocycles. The molecule has 19 heavy (non-hydrogen) atoms. The highest BCUT2D eigenvalue weighted by Crippen LogP contribution is 2.28.